The molecule has 0 aromatic heterocycles. The molecule has 0 aliphatic carbocycles. The summed E-state index contributed by atoms with van der Waals surface area (Å²) in [5.41, 5.74) is 2.07. The van der Waals surface area contributed by atoms with Crippen molar-refractivity contribution >= 4 is 21.5 Å². The fourth-order valence-electron chi connectivity index (χ4n) is 0.893. The first-order valence-electron chi connectivity index (χ1n) is 3.56. The summed E-state index contributed by atoms with van der Waals surface area (Å²) in [6.07, 6.45) is 1.54. The lowest BCUT2D eigenvalue weighted by Gasteiger charge is -1.98. The highest BCUT2D eigenvalue weighted by Crippen LogP contribution is 2.16. The van der Waals surface area contributed by atoms with Crippen LogP contribution in [0.5, 0.6) is 0 Å². The zero-order valence-electron chi connectivity index (χ0n) is 6.71. The zero-order valence-corrected chi connectivity index (χ0v) is 8.30. The van der Waals surface area contributed by atoms with E-state index in [0.717, 1.165) is 15.6 Å². The quantitative estimate of drug-likeness (QED) is 0.668. The number of hydrogen-bond donors (Lipinski definition) is 0. The summed E-state index contributed by atoms with van der Waals surface area (Å²) in [6, 6.07) is 9.89. The van der Waals surface area contributed by atoms with E-state index in [0.29, 0.717) is 0 Å². The minimum absolute atomic E-state index is 0.991. The van der Waals surface area contributed by atoms with Gasteiger partial charge in [0, 0.05) is 10.5 Å². The van der Waals surface area contributed by atoms with Gasteiger partial charge < -0.3 is 0 Å². The van der Waals surface area contributed by atoms with Gasteiger partial charge in [0.15, 0.2) is 0 Å². The van der Waals surface area contributed by atoms with Gasteiger partial charge in [-0.05, 0) is 30.2 Å². The molecule has 0 N–H and O–H groups in total. The molecule has 0 saturated carbocycles. The monoisotopic (exact) mass is 221 g/mol. The average molecular weight is 222 g/mol. The van der Waals surface area contributed by atoms with Crippen LogP contribution in [0.4, 0.5) is 0 Å². The number of allylic oxidation sites excluding steroid dienone is 2. The van der Waals surface area contributed by atoms with Crippen molar-refractivity contribution in [3.8, 4) is 6.07 Å². The van der Waals surface area contributed by atoms with Gasteiger partial charge in [0.05, 0.1) is 6.07 Å². The molecule has 0 heterocycles. The van der Waals surface area contributed by atoms with Crippen LogP contribution in [0.1, 0.15) is 12.5 Å². The van der Waals surface area contributed by atoms with Gasteiger partial charge in [0.1, 0.15) is 0 Å². The molecule has 0 bridgehead atoms. The molecule has 0 unspecified atom stereocenters. The predicted octanol–water partition coefficient (Wildman–Crippen LogP) is 3.38. The van der Waals surface area contributed by atoms with E-state index in [2.05, 4.69) is 15.9 Å². The third-order valence-corrected chi connectivity index (χ3v) is 2.11. The van der Waals surface area contributed by atoms with Crippen molar-refractivity contribution in [1.29, 1.82) is 5.26 Å². The van der Waals surface area contributed by atoms with Gasteiger partial charge in [-0.3, -0.25) is 0 Å². The molecular formula is C10H8BrN. The lowest BCUT2D eigenvalue weighted by atomic mass is 10.1. The van der Waals surface area contributed by atoms with Crippen molar-refractivity contribution in [2.45, 2.75) is 6.92 Å². The maximum absolute atomic E-state index is 8.42. The van der Waals surface area contributed by atoms with Crippen LogP contribution in [0.3, 0.4) is 0 Å². The molecule has 12 heavy (non-hydrogen) atoms. The van der Waals surface area contributed by atoms with E-state index in [4.69, 9.17) is 5.26 Å². The van der Waals surface area contributed by atoms with Gasteiger partial charge in [-0.15, -0.1) is 0 Å². The minimum atomic E-state index is 0.991. The molecule has 0 saturated heterocycles. The molecular weight excluding hydrogens is 214 g/mol. The van der Waals surface area contributed by atoms with E-state index in [1.54, 1.807) is 6.08 Å². The van der Waals surface area contributed by atoms with Crippen molar-refractivity contribution in [1.82, 2.24) is 0 Å². The molecule has 0 fully saturated rings. The van der Waals surface area contributed by atoms with Crippen molar-refractivity contribution in [2.75, 3.05) is 0 Å². The third-order valence-electron chi connectivity index (χ3n) is 1.58. The molecule has 0 atom stereocenters. The predicted molar refractivity (Wildman–Crippen MR) is 53.4 cm³/mol. The Labute approximate surface area is 80.5 Å². The number of rotatable bonds is 1. The lowest BCUT2D eigenvalue weighted by molar-refractivity contribution is 1.51. The topological polar surface area (TPSA) is 23.8 Å². The Bertz CT molecular complexity index is 330. The number of nitriles is 1. The Morgan fingerprint density at radius 2 is 2.00 bits per heavy atom. The Kier molecular flexibility index (Phi) is 3.07. The highest BCUT2D eigenvalue weighted by Gasteiger charge is 1.93. The van der Waals surface area contributed by atoms with Crippen molar-refractivity contribution in [3.63, 3.8) is 0 Å². The first kappa shape index (κ1) is 9.02. The second kappa shape index (κ2) is 4.08. The molecule has 0 radical (unpaired) electrons. The van der Waals surface area contributed by atoms with Gasteiger partial charge in [0.2, 0.25) is 0 Å². The third kappa shape index (κ3) is 2.21. The van der Waals surface area contributed by atoms with Gasteiger partial charge in [-0.2, -0.15) is 5.26 Å². The first-order chi connectivity index (χ1) is 5.74. The maximum Gasteiger partial charge on any atom is 0.0915 e. The standard InChI is InChI=1S/C10H8BrN/c1-8(6-7-12)9-2-4-10(11)5-3-9/h2-6H,1H3. The van der Waals surface area contributed by atoms with Gasteiger partial charge >= 0.3 is 0 Å². The Morgan fingerprint density at radius 1 is 1.42 bits per heavy atom. The summed E-state index contributed by atoms with van der Waals surface area (Å²) in [5, 5.41) is 8.42. The second-order valence-electron chi connectivity index (χ2n) is 2.46. The largest absolute Gasteiger partial charge is 0.193 e. The number of hydrogen-bond acceptors (Lipinski definition) is 1. The highest BCUT2D eigenvalue weighted by atomic mass is 79.9. The van der Waals surface area contributed by atoms with E-state index >= 15 is 0 Å². The van der Waals surface area contributed by atoms with E-state index in [-0.39, 0.29) is 0 Å². The van der Waals surface area contributed by atoms with E-state index in [1.807, 2.05) is 37.3 Å². The summed E-state index contributed by atoms with van der Waals surface area (Å²) in [7, 11) is 0. The molecule has 1 nitrogen and oxygen atoms in total. The SMILES string of the molecule is CC(=CC#N)c1ccc(Br)cc1. The summed E-state index contributed by atoms with van der Waals surface area (Å²) in [5.74, 6) is 0. The van der Waals surface area contributed by atoms with Crippen LogP contribution >= 0.6 is 15.9 Å². The Balaban J connectivity index is 2.99. The van der Waals surface area contributed by atoms with Crippen LogP contribution < -0.4 is 0 Å². The summed E-state index contributed by atoms with van der Waals surface area (Å²) in [4.78, 5) is 0. The van der Waals surface area contributed by atoms with E-state index in [1.165, 1.54) is 0 Å². The van der Waals surface area contributed by atoms with Crippen LogP contribution in [0.25, 0.3) is 5.57 Å². The Morgan fingerprint density at radius 3 is 2.50 bits per heavy atom. The fraction of sp³-hybridized carbons (Fsp3) is 0.100. The molecule has 0 spiro atoms. The summed E-state index contributed by atoms with van der Waals surface area (Å²) < 4.78 is 1.05. The highest BCUT2D eigenvalue weighted by molar-refractivity contribution is 9.10. The second-order valence-corrected chi connectivity index (χ2v) is 3.38. The zero-order chi connectivity index (χ0) is 8.97. The number of halogens is 1. The first-order valence-corrected chi connectivity index (χ1v) is 4.35. The van der Waals surface area contributed by atoms with E-state index < -0.39 is 0 Å². The van der Waals surface area contributed by atoms with Gasteiger partial charge in [0.25, 0.3) is 0 Å². The molecule has 1 aromatic rings. The molecule has 2 heteroatoms. The van der Waals surface area contributed by atoms with Crippen LogP contribution in [0.15, 0.2) is 34.8 Å². The summed E-state index contributed by atoms with van der Waals surface area (Å²) in [6.45, 7) is 1.92. The van der Waals surface area contributed by atoms with Crippen molar-refractivity contribution < 1.29 is 0 Å². The normalized spacial score (nSPS) is 10.9. The van der Waals surface area contributed by atoms with Crippen LogP contribution in [0, 0.1) is 11.3 Å². The van der Waals surface area contributed by atoms with Crippen LogP contribution in [-0.4, -0.2) is 0 Å². The number of benzene rings is 1. The smallest absolute Gasteiger partial charge is 0.0915 e. The fourth-order valence-corrected chi connectivity index (χ4v) is 1.16. The lowest BCUT2D eigenvalue weighted by Crippen LogP contribution is -1.77. The van der Waals surface area contributed by atoms with Crippen LogP contribution in [-0.2, 0) is 0 Å². The minimum Gasteiger partial charge on any atom is -0.193 e. The van der Waals surface area contributed by atoms with Crippen molar-refractivity contribution in [2.24, 2.45) is 0 Å². The molecule has 0 aliphatic heterocycles. The van der Waals surface area contributed by atoms with E-state index in [9.17, 15) is 0 Å². The van der Waals surface area contributed by atoms with Gasteiger partial charge in [-0.1, -0.05) is 28.1 Å². The average Bonchev–Trinajstić information content (AvgIpc) is 2.06. The van der Waals surface area contributed by atoms with Gasteiger partial charge in [-0.25, -0.2) is 0 Å². The van der Waals surface area contributed by atoms with Crippen molar-refractivity contribution in [3.05, 3.63) is 40.4 Å². The molecule has 1 aromatic carbocycles. The van der Waals surface area contributed by atoms with Crippen LogP contribution in [0.2, 0.25) is 0 Å². The molecule has 0 amide bonds. The molecule has 1 rings (SSSR count). The molecule has 60 valence electrons. The Hall–Kier alpha value is -1.07. The maximum atomic E-state index is 8.42. The molecule has 0 aliphatic rings. The summed E-state index contributed by atoms with van der Waals surface area (Å²) >= 11 is 3.35. The number of nitrogens with zero attached hydrogens (tertiary/aromatic N) is 1.